The summed E-state index contributed by atoms with van der Waals surface area (Å²) in [5.41, 5.74) is 2.55. The van der Waals surface area contributed by atoms with E-state index in [2.05, 4.69) is 16.9 Å². The molecule has 2 atom stereocenters. The van der Waals surface area contributed by atoms with E-state index >= 15 is 0 Å². The molecule has 4 aromatic rings. The molecular weight excluding hydrogens is 428 g/mol. The van der Waals surface area contributed by atoms with E-state index in [-0.39, 0.29) is 11.9 Å². The number of amides is 1. The quantitative estimate of drug-likeness (QED) is 0.275. The minimum atomic E-state index is -0.603. The third-order valence-electron chi connectivity index (χ3n) is 5.60. The highest BCUT2D eigenvalue weighted by atomic mass is 16.5. The number of allylic oxidation sites excluding steroid dienone is 1. The van der Waals surface area contributed by atoms with Gasteiger partial charge in [0.05, 0.1) is 12.7 Å². The molecule has 0 bridgehead atoms. The van der Waals surface area contributed by atoms with Gasteiger partial charge in [-0.3, -0.25) is 9.69 Å². The van der Waals surface area contributed by atoms with Crippen LogP contribution in [0.25, 0.3) is 0 Å². The van der Waals surface area contributed by atoms with Crippen LogP contribution in [0.15, 0.2) is 104 Å². The first-order valence-electron chi connectivity index (χ1n) is 11.1. The van der Waals surface area contributed by atoms with Crippen molar-refractivity contribution in [2.24, 2.45) is 0 Å². The second-order valence-electron chi connectivity index (χ2n) is 7.92. The van der Waals surface area contributed by atoms with E-state index in [4.69, 9.17) is 9.47 Å². The molecule has 2 unspecified atom stereocenters. The highest BCUT2D eigenvalue weighted by Gasteiger charge is 2.51. The molecule has 34 heavy (non-hydrogen) atoms. The Morgan fingerprint density at radius 3 is 2.32 bits per heavy atom. The Hall–Kier alpha value is -4.39. The number of rotatable bonds is 9. The molecule has 0 radical (unpaired) electrons. The van der Waals surface area contributed by atoms with Crippen molar-refractivity contribution in [3.63, 3.8) is 0 Å². The first-order chi connectivity index (χ1) is 16.7. The van der Waals surface area contributed by atoms with Crippen LogP contribution in [0.5, 0.6) is 11.5 Å². The van der Waals surface area contributed by atoms with Crippen LogP contribution in [0.4, 0.5) is 5.69 Å². The van der Waals surface area contributed by atoms with Crippen molar-refractivity contribution in [3.05, 3.63) is 115 Å². The molecule has 0 N–H and O–H groups in total. The molecule has 0 saturated carbocycles. The maximum Gasteiger partial charge on any atom is 0.271 e. The van der Waals surface area contributed by atoms with E-state index < -0.39 is 6.10 Å². The number of aromatic nitrogens is 3. The zero-order valence-corrected chi connectivity index (χ0v) is 18.5. The van der Waals surface area contributed by atoms with Gasteiger partial charge in [-0.25, -0.2) is 4.68 Å². The Bertz CT molecular complexity index is 1260. The summed E-state index contributed by atoms with van der Waals surface area (Å²) < 4.78 is 13.7. The average molecular weight is 453 g/mol. The summed E-state index contributed by atoms with van der Waals surface area (Å²) in [6.45, 7) is 4.61. The summed E-state index contributed by atoms with van der Waals surface area (Å²) in [6.07, 6.45) is 2.99. The Kier molecular flexibility index (Phi) is 6.07. The zero-order chi connectivity index (χ0) is 23.3. The fourth-order valence-electron chi connectivity index (χ4n) is 3.97. The van der Waals surface area contributed by atoms with Crippen molar-refractivity contribution in [1.82, 2.24) is 15.0 Å². The molecule has 170 valence electrons. The number of hydrogen-bond acceptors (Lipinski definition) is 5. The van der Waals surface area contributed by atoms with Gasteiger partial charge in [0, 0.05) is 5.69 Å². The van der Waals surface area contributed by atoms with Crippen molar-refractivity contribution in [2.45, 2.75) is 25.3 Å². The lowest BCUT2D eigenvalue weighted by Gasteiger charge is -2.46. The van der Waals surface area contributed by atoms with Crippen molar-refractivity contribution in [1.29, 1.82) is 0 Å². The monoisotopic (exact) mass is 452 g/mol. The Balaban J connectivity index is 1.33. The molecule has 1 saturated heterocycles. The van der Waals surface area contributed by atoms with Gasteiger partial charge in [-0.15, -0.1) is 11.7 Å². The third kappa shape index (κ3) is 4.41. The van der Waals surface area contributed by atoms with Gasteiger partial charge >= 0.3 is 0 Å². The number of ether oxygens (including phenoxy) is 2. The van der Waals surface area contributed by atoms with Gasteiger partial charge in [-0.1, -0.05) is 59.8 Å². The lowest BCUT2D eigenvalue weighted by atomic mass is 9.89. The van der Waals surface area contributed by atoms with Crippen molar-refractivity contribution < 1.29 is 14.3 Å². The first kappa shape index (κ1) is 21.5. The molecule has 1 aromatic heterocycles. The van der Waals surface area contributed by atoms with E-state index in [1.807, 2.05) is 91.1 Å². The minimum absolute atomic E-state index is 0.0667. The fraction of sp³-hybridized carbons (Fsp3) is 0.148. The highest BCUT2D eigenvalue weighted by Crippen LogP contribution is 2.41. The van der Waals surface area contributed by atoms with Gasteiger partial charge in [0.2, 0.25) is 6.10 Å². The number of hydrogen-bond donors (Lipinski definition) is 0. The fourth-order valence-corrected chi connectivity index (χ4v) is 3.97. The molecule has 0 spiro atoms. The van der Waals surface area contributed by atoms with Crippen LogP contribution in [0.2, 0.25) is 0 Å². The minimum Gasteiger partial charge on any atom is -0.487 e. The summed E-state index contributed by atoms with van der Waals surface area (Å²) in [4.78, 5) is 14.9. The molecule has 0 aliphatic carbocycles. The molecule has 1 aliphatic rings. The Morgan fingerprint density at radius 2 is 1.62 bits per heavy atom. The van der Waals surface area contributed by atoms with Crippen LogP contribution in [0.1, 0.15) is 17.3 Å². The maximum absolute atomic E-state index is 13.1. The summed E-state index contributed by atoms with van der Waals surface area (Å²) in [5.74, 6) is 1.31. The molecule has 2 heterocycles. The van der Waals surface area contributed by atoms with Gasteiger partial charge in [0.1, 0.15) is 29.8 Å². The molecule has 1 amide bonds. The van der Waals surface area contributed by atoms with Gasteiger partial charge in [0.25, 0.3) is 5.91 Å². The average Bonchev–Trinajstić information content (AvgIpc) is 3.33. The molecule has 1 fully saturated rings. The van der Waals surface area contributed by atoms with Crippen LogP contribution in [-0.4, -0.2) is 27.0 Å². The number of nitrogens with zero attached hydrogens (tertiary/aromatic N) is 4. The van der Waals surface area contributed by atoms with Crippen molar-refractivity contribution >= 4 is 11.6 Å². The van der Waals surface area contributed by atoms with Gasteiger partial charge in [0.15, 0.2) is 0 Å². The molecule has 7 heteroatoms. The van der Waals surface area contributed by atoms with E-state index in [0.717, 1.165) is 16.9 Å². The van der Waals surface area contributed by atoms with Crippen LogP contribution in [-0.2, 0) is 17.9 Å². The normalized spacial score (nSPS) is 17.2. The largest absolute Gasteiger partial charge is 0.487 e. The maximum atomic E-state index is 13.1. The van der Waals surface area contributed by atoms with Gasteiger partial charge in [-0.05, 0) is 42.0 Å². The van der Waals surface area contributed by atoms with E-state index in [0.29, 0.717) is 24.7 Å². The number of β-lactam (4-membered cyclic amide) rings is 1. The van der Waals surface area contributed by atoms with Crippen molar-refractivity contribution in [3.8, 4) is 11.5 Å². The molecule has 7 nitrogen and oxygen atoms in total. The number of benzene rings is 3. The van der Waals surface area contributed by atoms with E-state index in [1.165, 1.54) is 0 Å². The third-order valence-corrected chi connectivity index (χ3v) is 5.60. The molecular formula is C27H24N4O3. The second kappa shape index (κ2) is 9.62. The standard InChI is InChI=1S/C27H24N4O3/c1-2-17-30-18-21(28-29-30)19-33-23-15-13-20(14-16-23)25-26(34-24-11-7-4-8-12-24)27(32)31(25)22-9-5-3-6-10-22/h2-16,18,25-26H,1,17,19H2. The van der Waals surface area contributed by atoms with Gasteiger partial charge in [-0.2, -0.15) is 0 Å². The summed E-state index contributed by atoms with van der Waals surface area (Å²) >= 11 is 0. The number of carbonyl (C=O) groups is 1. The lowest BCUT2D eigenvalue weighted by Crippen LogP contribution is -2.61. The van der Waals surface area contributed by atoms with Crippen LogP contribution in [0.3, 0.4) is 0 Å². The predicted octanol–water partition coefficient (Wildman–Crippen LogP) is 4.58. The summed E-state index contributed by atoms with van der Waals surface area (Å²) in [6, 6.07) is 26.6. The highest BCUT2D eigenvalue weighted by molar-refractivity contribution is 6.05. The molecule has 1 aliphatic heterocycles. The Labute approximate surface area is 197 Å². The lowest BCUT2D eigenvalue weighted by molar-refractivity contribution is -0.135. The topological polar surface area (TPSA) is 69.5 Å². The zero-order valence-electron chi connectivity index (χ0n) is 18.5. The number of para-hydroxylation sites is 2. The van der Waals surface area contributed by atoms with Crippen LogP contribution >= 0.6 is 0 Å². The predicted molar refractivity (Wildman–Crippen MR) is 129 cm³/mol. The molecule has 3 aromatic carbocycles. The van der Waals surface area contributed by atoms with E-state index in [9.17, 15) is 4.79 Å². The number of anilines is 1. The van der Waals surface area contributed by atoms with Gasteiger partial charge < -0.3 is 9.47 Å². The smallest absolute Gasteiger partial charge is 0.271 e. The summed E-state index contributed by atoms with van der Waals surface area (Å²) in [5, 5.41) is 8.12. The van der Waals surface area contributed by atoms with Crippen molar-refractivity contribution in [2.75, 3.05) is 4.90 Å². The Morgan fingerprint density at radius 1 is 0.912 bits per heavy atom. The summed E-state index contributed by atoms with van der Waals surface area (Å²) in [7, 11) is 0. The van der Waals surface area contributed by atoms with Crippen LogP contribution < -0.4 is 14.4 Å². The van der Waals surface area contributed by atoms with Crippen LogP contribution in [0, 0.1) is 0 Å². The van der Waals surface area contributed by atoms with E-state index in [1.54, 1.807) is 15.7 Å². The second-order valence-corrected chi connectivity index (χ2v) is 7.92. The molecule has 5 rings (SSSR count). The SMILES string of the molecule is C=CCn1cc(COc2ccc(C3C(Oc4ccccc4)C(=O)N3c3ccccc3)cc2)nn1. The first-order valence-corrected chi connectivity index (χ1v) is 11.1. The number of carbonyl (C=O) groups excluding carboxylic acids is 1.